The Balaban J connectivity index is 2.04. The maximum Gasteiger partial charge on any atom is 0.0467 e. The number of nitrogens with two attached hydrogens (primary N) is 1. The molecular formula is C16H19Br2N3. The minimum absolute atomic E-state index is 0.207. The number of benzene rings is 1. The maximum atomic E-state index is 5.98. The molecule has 1 aromatic heterocycles. The van der Waals surface area contributed by atoms with Crippen molar-refractivity contribution in [3.05, 3.63) is 62.8 Å². The van der Waals surface area contributed by atoms with E-state index in [1.165, 1.54) is 5.56 Å². The molecular weight excluding hydrogens is 394 g/mol. The molecule has 0 fully saturated rings. The number of rotatable bonds is 6. The average Bonchev–Trinajstić information content (AvgIpc) is 2.50. The van der Waals surface area contributed by atoms with Gasteiger partial charge in [-0.2, -0.15) is 0 Å². The number of nitrogens with zero attached hydrogens (tertiary/aromatic N) is 2. The third kappa shape index (κ3) is 4.61. The number of hydrogen-bond donors (Lipinski definition) is 1. The summed E-state index contributed by atoms with van der Waals surface area (Å²) in [6.07, 6.45) is 2.76. The van der Waals surface area contributed by atoms with Gasteiger partial charge < -0.3 is 5.73 Å². The third-order valence-corrected chi connectivity index (χ3v) is 5.41. The lowest BCUT2D eigenvalue weighted by Crippen LogP contribution is -2.32. The molecule has 21 heavy (non-hydrogen) atoms. The molecule has 0 radical (unpaired) electrons. The summed E-state index contributed by atoms with van der Waals surface area (Å²) in [5.74, 6) is 0. The molecule has 112 valence electrons. The maximum absolute atomic E-state index is 5.98. The first-order valence-electron chi connectivity index (χ1n) is 6.87. The van der Waals surface area contributed by atoms with Crippen molar-refractivity contribution in [3.8, 4) is 0 Å². The van der Waals surface area contributed by atoms with Gasteiger partial charge in [0.05, 0.1) is 0 Å². The van der Waals surface area contributed by atoms with E-state index in [0.29, 0.717) is 6.54 Å². The van der Waals surface area contributed by atoms with Gasteiger partial charge in [0.15, 0.2) is 0 Å². The lowest BCUT2D eigenvalue weighted by atomic mass is 10.1. The van der Waals surface area contributed by atoms with Crippen molar-refractivity contribution in [3.63, 3.8) is 0 Å². The molecule has 0 bridgehead atoms. The van der Waals surface area contributed by atoms with E-state index in [4.69, 9.17) is 5.73 Å². The fourth-order valence-corrected chi connectivity index (χ4v) is 2.93. The molecule has 3 nitrogen and oxygen atoms in total. The summed E-state index contributed by atoms with van der Waals surface area (Å²) in [6, 6.07) is 12.5. The van der Waals surface area contributed by atoms with Crippen LogP contribution in [0.3, 0.4) is 0 Å². The van der Waals surface area contributed by atoms with Crippen LogP contribution in [0.25, 0.3) is 0 Å². The van der Waals surface area contributed by atoms with E-state index in [1.807, 2.05) is 18.3 Å². The van der Waals surface area contributed by atoms with Gasteiger partial charge in [-0.05, 0) is 68.7 Å². The highest BCUT2D eigenvalue weighted by Gasteiger charge is 2.16. The van der Waals surface area contributed by atoms with Crippen molar-refractivity contribution >= 4 is 31.9 Å². The number of hydrogen-bond acceptors (Lipinski definition) is 3. The van der Waals surface area contributed by atoms with Crippen molar-refractivity contribution in [2.45, 2.75) is 12.5 Å². The normalized spacial score (nSPS) is 12.6. The summed E-state index contributed by atoms with van der Waals surface area (Å²) in [6.45, 7) is 1.51. The quantitative estimate of drug-likeness (QED) is 0.784. The zero-order valence-electron chi connectivity index (χ0n) is 12.0. The molecule has 0 aliphatic heterocycles. The van der Waals surface area contributed by atoms with Gasteiger partial charge in [0.25, 0.3) is 0 Å². The van der Waals surface area contributed by atoms with Crippen molar-refractivity contribution in [2.24, 2.45) is 5.73 Å². The van der Waals surface area contributed by atoms with E-state index >= 15 is 0 Å². The first-order valence-corrected chi connectivity index (χ1v) is 8.45. The molecule has 0 amide bonds. The van der Waals surface area contributed by atoms with Gasteiger partial charge in [-0.25, -0.2) is 0 Å². The highest BCUT2D eigenvalue weighted by molar-refractivity contribution is 9.13. The predicted molar refractivity (Wildman–Crippen MR) is 94.2 cm³/mol. The molecule has 2 rings (SSSR count). The highest BCUT2D eigenvalue weighted by Crippen LogP contribution is 2.28. The molecule has 0 aliphatic rings. The number of halogens is 2. The van der Waals surface area contributed by atoms with E-state index in [-0.39, 0.29) is 6.04 Å². The molecule has 1 heterocycles. The Morgan fingerprint density at radius 3 is 2.62 bits per heavy atom. The summed E-state index contributed by atoms with van der Waals surface area (Å²) < 4.78 is 2.11. The smallest absolute Gasteiger partial charge is 0.0467 e. The Morgan fingerprint density at radius 1 is 1.19 bits per heavy atom. The van der Waals surface area contributed by atoms with Crippen molar-refractivity contribution in [1.82, 2.24) is 9.88 Å². The monoisotopic (exact) mass is 411 g/mol. The Labute approximate surface area is 142 Å². The Bertz CT molecular complexity index is 575. The zero-order chi connectivity index (χ0) is 15.2. The summed E-state index contributed by atoms with van der Waals surface area (Å²) in [5.41, 5.74) is 8.31. The first-order chi connectivity index (χ1) is 10.1. The summed E-state index contributed by atoms with van der Waals surface area (Å²) in [4.78, 5) is 6.64. The Kier molecular flexibility index (Phi) is 6.36. The van der Waals surface area contributed by atoms with Crippen LogP contribution in [0.5, 0.6) is 0 Å². The lowest BCUT2D eigenvalue weighted by molar-refractivity contribution is 0.252. The van der Waals surface area contributed by atoms with Gasteiger partial charge in [-0.15, -0.1) is 0 Å². The minimum atomic E-state index is 0.207. The molecule has 1 aromatic carbocycles. The van der Waals surface area contributed by atoms with Gasteiger partial charge in [0.1, 0.15) is 0 Å². The molecule has 0 spiro atoms. The van der Waals surface area contributed by atoms with Crippen LogP contribution in [0.1, 0.15) is 17.3 Å². The fraction of sp³-hybridized carbons (Fsp3) is 0.312. The lowest BCUT2D eigenvalue weighted by Gasteiger charge is -2.27. The number of likely N-dealkylation sites (N-methyl/N-ethyl adjacent to an activating group) is 1. The minimum Gasteiger partial charge on any atom is -0.329 e. The highest BCUT2D eigenvalue weighted by atomic mass is 79.9. The molecule has 2 N–H and O–H groups in total. The van der Waals surface area contributed by atoms with Crippen LogP contribution >= 0.6 is 31.9 Å². The summed E-state index contributed by atoms with van der Waals surface area (Å²) in [7, 11) is 2.11. The Hall–Kier alpha value is -0.750. The molecule has 0 saturated heterocycles. The number of pyridine rings is 1. The van der Waals surface area contributed by atoms with Gasteiger partial charge in [0.2, 0.25) is 0 Å². The van der Waals surface area contributed by atoms with E-state index in [1.54, 1.807) is 0 Å². The average molecular weight is 413 g/mol. The van der Waals surface area contributed by atoms with Gasteiger partial charge >= 0.3 is 0 Å². The zero-order valence-corrected chi connectivity index (χ0v) is 15.1. The second kappa shape index (κ2) is 8.03. The molecule has 2 aromatic rings. The predicted octanol–water partition coefficient (Wildman–Crippen LogP) is 3.78. The third-order valence-electron chi connectivity index (χ3n) is 3.53. The van der Waals surface area contributed by atoms with Crippen molar-refractivity contribution in [1.29, 1.82) is 0 Å². The molecule has 5 heteroatoms. The molecule has 0 aliphatic carbocycles. The van der Waals surface area contributed by atoms with Gasteiger partial charge in [-0.1, -0.05) is 12.1 Å². The number of aromatic nitrogens is 1. The van der Waals surface area contributed by atoms with E-state index < -0.39 is 0 Å². The SMILES string of the molecule is CN(CCc1ccccn1)C(CN)c1ccc(Br)c(Br)c1. The van der Waals surface area contributed by atoms with Crippen molar-refractivity contribution in [2.75, 3.05) is 20.1 Å². The van der Waals surface area contributed by atoms with Crippen LogP contribution < -0.4 is 5.73 Å². The van der Waals surface area contributed by atoms with E-state index in [9.17, 15) is 0 Å². The van der Waals surface area contributed by atoms with Gasteiger partial charge in [-0.3, -0.25) is 9.88 Å². The van der Waals surface area contributed by atoms with E-state index in [2.05, 4.69) is 73.1 Å². The van der Waals surface area contributed by atoms with Crippen LogP contribution in [0, 0.1) is 0 Å². The van der Waals surface area contributed by atoms with Crippen LogP contribution in [0.15, 0.2) is 51.5 Å². The van der Waals surface area contributed by atoms with Crippen LogP contribution in [0.2, 0.25) is 0 Å². The largest absolute Gasteiger partial charge is 0.329 e. The molecule has 1 atom stereocenters. The van der Waals surface area contributed by atoms with Crippen molar-refractivity contribution < 1.29 is 0 Å². The van der Waals surface area contributed by atoms with E-state index in [0.717, 1.165) is 27.6 Å². The molecule has 0 saturated carbocycles. The summed E-state index contributed by atoms with van der Waals surface area (Å²) >= 11 is 7.05. The van der Waals surface area contributed by atoms with Crippen LogP contribution in [-0.2, 0) is 6.42 Å². The Morgan fingerprint density at radius 2 is 2.00 bits per heavy atom. The topological polar surface area (TPSA) is 42.2 Å². The standard InChI is InChI=1S/C16H19Br2N3/c1-21(9-7-13-4-2-3-8-20-13)16(11-19)12-5-6-14(17)15(18)10-12/h2-6,8,10,16H,7,9,11,19H2,1H3. The van der Waals surface area contributed by atoms with Crippen LogP contribution in [-0.4, -0.2) is 30.0 Å². The second-order valence-corrected chi connectivity index (χ2v) is 6.69. The van der Waals surface area contributed by atoms with Crippen LogP contribution in [0.4, 0.5) is 0 Å². The second-order valence-electron chi connectivity index (χ2n) is 4.98. The molecule has 1 unspecified atom stereocenters. The van der Waals surface area contributed by atoms with Gasteiger partial charge in [0, 0.05) is 46.4 Å². The fourth-order valence-electron chi connectivity index (χ4n) is 2.28. The first kappa shape index (κ1) is 16.6. The summed E-state index contributed by atoms with van der Waals surface area (Å²) in [5, 5.41) is 0.